The van der Waals surface area contributed by atoms with Crippen LogP contribution in [0.3, 0.4) is 0 Å². The number of thioether (sulfide) groups is 1. The lowest BCUT2D eigenvalue weighted by Crippen LogP contribution is -2.38. The molecule has 0 radical (unpaired) electrons. The Labute approximate surface area is 160 Å². The minimum atomic E-state index is -0.562. The Hall–Kier alpha value is -2.54. The summed E-state index contributed by atoms with van der Waals surface area (Å²) in [5, 5.41) is 3.17. The molecule has 1 aliphatic heterocycles. The molecule has 140 valence electrons. The van der Waals surface area contributed by atoms with Gasteiger partial charge in [-0.05, 0) is 35.8 Å². The van der Waals surface area contributed by atoms with E-state index in [9.17, 15) is 14.4 Å². The number of allylic oxidation sites excluding steroid dienone is 2. The average Bonchev–Trinajstić information content (AvgIpc) is 2.58. The van der Waals surface area contributed by atoms with Gasteiger partial charge in [-0.25, -0.2) is 4.79 Å². The topological polar surface area (TPSA) is 94.8 Å². The monoisotopic (exact) mass is 383 g/mol. The summed E-state index contributed by atoms with van der Waals surface area (Å²) in [4.78, 5) is 43.6. The van der Waals surface area contributed by atoms with Crippen molar-refractivity contribution in [2.24, 2.45) is 5.41 Å². The maximum atomic E-state index is 13.1. The highest BCUT2D eigenvalue weighted by Gasteiger charge is 2.42. The van der Waals surface area contributed by atoms with E-state index < -0.39 is 17.2 Å². The van der Waals surface area contributed by atoms with Crippen LogP contribution in [-0.2, 0) is 4.79 Å². The Morgan fingerprint density at radius 1 is 1.04 bits per heavy atom. The molecule has 0 spiro atoms. The predicted octanol–water partition coefficient (Wildman–Crippen LogP) is 2.99. The van der Waals surface area contributed by atoms with Gasteiger partial charge in [-0.2, -0.15) is 0 Å². The second-order valence-electron chi connectivity index (χ2n) is 7.86. The number of ketones is 1. The molecule has 4 rings (SSSR count). The number of hydrogen-bond acceptors (Lipinski definition) is 5. The van der Waals surface area contributed by atoms with Crippen LogP contribution >= 0.6 is 11.8 Å². The van der Waals surface area contributed by atoms with E-state index >= 15 is 0 Å². The molecule has 0 fully saturated rings. The van der Waals surface area contributed by atoms with Crippen LogP contribution in [0.4, 0.5) is 5.82 Å². The Balaban J connectivity index is 1.97. The second kappa shape index (κ2) is 6.27. The van der Waals surface area contributed by atoms with Gasteiger partial charge in [0.25, 0.3) is 5.56 Å². The van der Waals surface area contributed by atoms with Gasteiger partial charge in [0.15, 0.2) is 5.78 Å². The third-order valence-electron chi connectivity index (χ3n) is 5.20. The van der Waals surface area contributed by atoms with Crippen LogP contribution in [0.25, 0.3) is 0 Å². The van der Waals surface area contributed by atoms with E-state index in [1.165, 1.54) is 0 Å². The zero-order chi connectivity index (χ0) is 19.3. The Bertz CT molecular complexity index is 1080. The Kier molecular flexibility index (Phi) is 4.14. The number of fused-ring (bicyclic) bond motifs is 1. The van der Waals surface area contributed by atoms with E-state index in [0.717, 1.165) is 16.2 Å². The Morgan fingerprint density at radius 2 is 1.74 bits per heavy atom. The fourth-order valence-corrected chi connectivity index (χ4v) is 4.48. The van der Waals surface area contributed by atoms with Crippen LogP contribution in [0.2, 0.25) is 0 Å². The molecule has 2 aromatic rings. The summed E-state index contributed by atoms with van der Waals surface area (Å²) >= 11 is 1.63. The van der Waals surface area contributed by atoms with Crippen molar-refractivity contribution < 1.29 is 4.79 Å². The van der Waals surface area contributed by atoms with Gasteiger partial charge in [0.2, 0.25) is 0 Å². The van der Waals surface area contributed by atoms with Crippen molar-refractivity contribution >= 4 is 23.4 Å². The second-order valence-corrected chi connectivity index (χ2v) is 8.74. The highest BCUT2D eigenvalue weighted by molar-refractivity contribution is 7.98. The summed E-state index contributed by atoms with van der Waals surface area (Å²) in [5.41, 5.74) is 1.49. The van der Waals surface area contributed by atoms with Gasteiger partial charge in [-0.1, -0.05) is 26.0 Å². The fourth-order valence-electron chi connectivity index (χ4n) is 4.08. The SMILES string of the molecule is CSc1ccc(C2C3=C(CC(C)(C)CC3=O)Nc3[nH]c(=O)[nH]c(=O)c32)cc1. The summed E-state index contributed by atoms with van der Waals surface area (Å²) in [5.74, 6) is -0.0627. The van der Waals surface area contributed by atoms with Gasteiger partial charge in [-0.3, -0.25) is 19.6 Å². The zero-order valence-corrected chi connectivity index (χ0v) is 16.3. The maximum absolute atomic E-state index is 13.1. The van der Waals surface area contributed by atoms with E-state index in [0.29, 0.717) is 29.8 Å². The van der Waals surface area contributed by atoms with E-state index in [4.69, 9.17) is 0 Å². The number of hydrogen-bond donors (Lipinski definition) is 3. The van der Waals surface area contributed by atoms with Crippen LogP contribution in [0, 0.1) is 5.41 Å². The van der Waals surface area contributed by atoms with Gasteiger partial charge in [-0.15, -0.1) is 11.8 Å². The molecule has 0 amide bonds. The van der Waals surface area contributed by atoms with Crippen LogP contribution in [-0.4, -0.2) is 22.0 Å². The number of aromatic nitrogens is 2. The third-order valence-corrected chi connectivity index (χ3v) is 5.95. The first-order valence-electron chi connectivity index (χ1n) is 8.83. The van der Waals surface area contributed by atoms with Gasteiger partial charge in [0, 0.05) is 28.5 Å². The van der Waals surface area contributed by atoms with Crippen molar-refractivity contribution in [3.8, 4) is 0 Å². The van der Waals surface area contributed by atoms with Gasteiger partial charge < -0.3 is 5.32 Å². The molecule has 1 atom stereocenters. The number of rotatable bonds is 2. The van der Waals surface area contributed by atoms with Gasteiger partial charge in [0.1, 0.15) is 5.82 Å². The quantitative estimate of drug-likeness (QED) is 0.693. The van der Waals surface area contributed by atoms with E-state index in [2.05, 4.69) is 29.1 Å². The Morgan fingerprint density at radius 3 is 2.41 bits per heavy atom. The van der Waals surface area contributed by atoms with Crippen molar-refractivity contribution in [1.82, 2.24) is 9.97 Å². The molecule has 0 saturated heterocycles. The fraction of sp³-hybridized carbons (Fsp3) is 0.350. The molecule has 6 nitrogen and oxygen atoms in total. The number of carbonyl (C=O) groups excluding carboxylic acids is 1. The van der Waals surface area contributed by atoms with Crippen LogP contribution < -0.4 is 16.6 Å². The molecule has 7 heteroatoms. The summed E-state index contributed by atoms with van der Waals surface area (Å²) in [6.07, 6.45) is 3.11. The number of aromatic amines is 2. The summed E-state index contributed by atoms with van der Waals surface area (Å²) in [7, 11) is 0. The standard InChI is InChI=1S/C20H21N3O3S/c1-20(2)8-12-15(13(24)9-20)14(10-4-6-11(27-3)7-5-10)16-17(21-12)22-19(26)23-18(16)25/h4-7,14H,8-9H2,1-3H3,(H3,21,22,23,25,26). The first-order valence-corrected chi connectivity index (χ1v) is 10.1. The molecule has 0 saturated carbocycles. The number of carbonyl (C=O) groups is 1. The smallest absolute Gasteiger partial charge is 0.327 e. The minimum absolute atomic E-state index is 0.0453. The molecule has 2 aliphatic rings. The molecule has 1 aromatic carbocycles. The van der Waals surface area contributed by atoms with Crippen molar-refractivity contribution in [2.45, 2.75) is 37.5 Å². The largest absolute Gasteiger partial charge is 0.344 e. The molecule has 1 unspecified atom stereocenters. The molecular weight excluding hydrogens is 362 g/mol. The number of benzene rings is 1. The molecule has 1 aromatic heterocycles. The normalized spacial score (nSPS) is 20.7. The first kappa shape index (κ1) is 17.9. The number of Topliss-reactive ketones (excluding diaryl/α,β-unsaturated/α-hetero) is 1. The number of anilines is 1. The predicted molar refractivity (Wildman–Crippen MR) is 106 cm³/mol. The van der Waals surface area contributed by atoms with Crippen molar-refractivity contribution in [1.29, 1.82) is 0 Å². The highest BCUT2D eigenvalue weighted by atomic mass is 32.2. The molecule has 3 N–H and O–H groups in total. The minimum Gasteiger partial charge on any atom is -0.344 e. The van der Waals surface area contributed by atoms with Crippen molar-refractivity contribution in [3.63, 3.8) is 0 Å². The molecule has 0 bridgehead atoms. The van der Waals surface area contributed by atoms with E-state index in [1.807, 2.05) is 30.5 Å². The lowest BCUT2D eigenvalue weighted by Gasteiger charge is -2.38. The summed E-state index contributed by atoms with van der Waals surface area (Å²) < 4.78 is 0. The van der Waals surface area contributed by atoms with Crippen LogP contribution in [0.15, 0.2) is 50.0 Å². The molecule has 1 aliphatic carbocycles. The van der Waals surface area contributed by atoms with Gasteiger partial charge in [0.05, 0.1) is 5.56 Å². The van der Waals surface area contributed by atoms with E-state index in [-0.39, 0.29) is 11.2 Å². The zero-order valence-electron chi connectivity index (χ0n) is 15.4. The lowest BCUT2D eigenvalue weighted by molar-refractivity contribution is -0.118. The van der Waals surface area contributed by atoms with Crippen molar-refractivity contribution in [2.75, 3.05) is 11.6 Å². The van der Waals surface area contributed by atoms with Gasteiger partial charge >= 0.3 is 5.69 Å². The third kappa shape index (κ3) is 3.06. The average molecular weight is 383 g/mol. The summed E-state index contributed by atoms with van der Waals surface area (Å²) in [6, 6.07) is 7.87. The molecule has 2 heterocycles. The molecular formula is C20H21N3O3S. The number of nitrogens with one attached hydrogen (secondary N) is 3. The number of H-pyrrole nitrogens is 2. The van der Waals surface area contributed by atoms with Crippen LogP contribution in [0.1, 0.15) is 43.7 Å². The molecule has 27 heavy (non-hydrogen) atoms. The maximum Gasteiger partial charge on any atom is 0.327 e. The van der Waals surface area contributed by atoms with Crippen LogP contribution in [0.5, 0.6) is 0 Å². The highest BCUT2D eigenvalue weighted by Crippen LogP contribution is 2.47. The van der Waals surface area contributed by atoms with Crippen molar-refractivity contribution in [3.05, 3.63) is 67.5 Å². The summed E-state index contributed by atoms with van der Waals surface area (Å²) in [6.45, 7) is 4.10. The first-order chi connectivity index (χ1) is 12.8. The lowest BCUT2D eigenvalue weighted by atomic mass is 9.69. The van der Waals surface area contributed by atoms with E-state index in [1.54, 1.807) is 11.8 Å².